The second kappa shape index (κ2) is 9.11. The molecule has 0 aromatic carbocycles. The molecule has 0 aliphatic heterocycles. The van der Waals surface area contributed by atoms with Gasteiger partial charge in [0.2, 0.25) is 0 Å². The third-order valence-corrected chi connectivity index (χ3v) is 3.96. The molecule has 0 bridgehead atoms. The Bertz CT molecular complexity index is 107. The fraction of sp³-hybridized carbons (Fsp3) is 1.00. The van der Waals surface area contributed by atoms with Gasteiger partial charge in [-0.3, -0.25) is 0 Å². The Balaban J connectivity index is 3.08. The average Bonchev–Trinajstić information content (AvgIpc) is 2.16. The van der Waals surface area contributed by atoms with Crippen LogP contribution in [0.15, 0.2) is 0 Å². The molecule has 0 saturated carbocycles. The molecule has 0 aliphatic carbocycles. The molecule has 0 radical (unpaired) electrons. The monoisotopic (exact) mass is 226 g/mol. The van der Waals surface area contributed by atoms with E-state index >= 15 is 0 Å². The molecule has 80 valence electrons. The number of rotatable bonds is 8. The minimum absolute atomic E-state index is 0.0355. The molecule has 0 aromatic heterocycles. The first-order valence-corrected chi connectivity index (χ1v) is 6.40. The van der Waals surface area contributed by atoms with Crippen molar-refractivity contribution in [2.24, 2.45) is 11.5 Å². The van der Waals surface area contributed by atoms with Crippen LogP contribution in [0.1, 0.15) is 0 Å². The van der Waals surface area contributed by atoms with Crippen molar-refractivity contribution < 1.29 is 10.2 Å². The van der Waals surface area contributed by atoms with Gasteiger partial charge in [0.15, 0.2) is 0 Å². The molecule has 6 heteroatoms. The number of nitrogens with two attached hydrogens (primary N) is 2. The summed E-state index contributed by atoms with van der Waals surface area (Å²) in [4.78, 5) is 0. The van der Waals surface area contributed by atoms with E-state index in [-0.39, 0.29) is 25.3 Å². The molecular weight excluding hydrogens is 208 g/mol. The third kappa shape index (κ3) is 8.86. The van der Waals surface area contributed by atoms with E-state index in [0.717, 1.165) is 16.6 Å². The first-order valence-electron chi connectivity index (χ1n) is 4.09. The minimum Gasteiger partial charge on any atom is -0.395 e. The Labute approximate surface area is 87.4 Å². The van der Waals surface area contributed by atoms with E-state index in [9.17, 15) is 0 Å². The normalized spacial score (nSPS) is 15.7. The summed E-state index contributed by atoms with van der Waals surface area (Å²) >= 11 is 3.36. The lowest BCUT2D eigenvalue weighted by molar-refractivity contribution is 0.275. The van der Waals surface area contributed by atoms with Gasteiger partial charge in [0.25, 0.3) is 0 Å². The van der Waals surface area contributed by atoms with Crippen LogP contribution in [0.4, 0.5) is 0 Å². The van der Waals surface area contributed by atoms with Crippen LogP contribution in [0.2, 0.25) is 0 Å². The Morgan fingerprint density at radius 1 is 0.923 bits per heavy atom. The average molecular weight is 226 g/mol. The second-order valence-electron chi connectivity index (χ2n) is 2.74. The highest BCUT2D eigenvalue weighted by molar-refractivity contribution is 8.16. The maximum absolute atomic E-state index is 8.62. The summed E-state index contributed by atoms with van der Waals surface area (Å²) in [6, 6.07) is -0.255. The first-order chi connectivity index (χ1) is 6.20. The van der Waals surface area contributed by atoms with Crippen LogP contribution in [0, 0.1) is 0 Å². The summed E-state index contributed by atoms with van der Waals surface area (Å²) in [5.74, 6) is 1.52. The zero-order valence-corrected chi connectivity index (χ0v) is 9.19. The molecule has 2 atom stereocenters. The fourth-order valence-electron chi connectivity index (χ4n) is 0.563. The highest BCUT2D eigenvalue weighted by Crippen LogP contribution is 2.12. The highest BCUT2D eigenvalue weighted by Gasteiger charge is 2.02. The topological polar surface area (TPSA) is 92.5 Å². The van der Waals surface area contributed by atoms with Crippen molar-refractivity contribution in [1.29, 1.82) is 0 Å². The smallest absolute Gasteiger partial charge is 0.0590 e. The van der Waals surface area contributed by atoms with Crippen LogP contribution in [0.3, 0.4) is 0 Å². The molecule has 0 aromatic rings. The van der Waals surface area contributed by atoms with E-state index in [2.05, 4.69) is 0 Å². The highest BCUT2D eigenvalue weighted by atomic mass is 32.2. The van der Waals surface area contributed by atoms with Gasteiger partial charge in [-0.2, -0.15) is 0 Å². The fourth-order valence-corrected chi connectivity index (χ4v) is 2.62. The van der Waals surface area contributed by atoms with E-state index in [1.807, 2.05) is 0 Å². The zero-order valence-electron chi connectivity index (χ0n) is 7.56. The number of aliphatic hydroxyl groups excluding tert-OH is 2. The molecule has 13 heavy (non-hydrogen) atoms. The van der Waals surface area contributed by atoms with Gasteiger partial charge in [-0.25, -0.2) is 0 Å². The Morgan fingerprint density at radius 3 is 1.62 bits per heavy atom. The summed E-state index contributed by atoms with van der Waals surface area (Å²) in [5, 5.41) is 18.1. The van der Waals surface area contributed by atoms with Gasteiger partial charge in [-0.1, -0.05) is 0 Å². The zero-order chi connectivity index (χ0) is 10.1. The van der Waals surface area contributed by atoms with Gasteiger partial charge in [-0.05, 0) is 0 Å². The Hall–Kier alpha value is 0.540. The van der Waals surface area contributed by atoms with Crippen molar-refractivity contribution >= 4 is 23.5 Å². The lowest BCUT2D eigenvalue weighted by Crippen LogP contribution is -2.28. The lowest BCUT2D eigenvalue weighted by Gasteiger charge is -2.09. The molecule has 4 nitrogen and oxygen atoms in total. The van der Waals surface area contributed by atoms with Crippen molar-refractivity contribution in [3.8, 4) is 0 Å². The van der Waals surface area contributed by atoms with Crippen molar-refractivity contribution in [1.82, 2.24) is 0 Å². The van der Waals surface area contributed by atoms with E-state index in [1.165, 1.54) is 0 Å². The van der Waals surface area contributed by atoms with E-state index < -0.39 is 0 Å². The molecule has 0 fully saturated rings. The summed E-state index contributed by atoms with van der Waals surface area (Å²) in [6.07, 6.45) is 0. The molecule has 0 spiro atoms. The van der Waals surface area contributed by atoms with E-state index in [0.29, 0.717) is 0 Å². The first kappa shape index (κ1) is 13.5. The summed E-state index contributed by atoms with van der Waals surface area (Å²) < 4.78 is 0. The maximum atomic E-state index is 8.62. The SMILES string of the molecule is NC(CO)CSCSCC(N)CO. The van der Waals surface area contributed by atoms with Gasteiger partial charge in [0.1, 0.15) is 0 Å². The predicted molar refractivity (Wildman–Crippen MR) is 59.9 cm³/mol. The number of hydrogen-bond acceptors (Lipinski definition) is 6. The number of thioether (sulfide) groups is 2. The molecular formula is C7H18N2O2S2. The molecule has 0 saturated heterocycles. The predicted octanol–water partition coefficient (Wildman–Crippen LogP) is -0.950. The van der Waals surface area contributed by atoms with E-state index in [1.54, 1.807) is 23.5 Å². The van der Waals surface area contributed by atoms with Crippen molar-refractivity contribution in [3.05, 3.63) is 0 Å². The van der Waals surface area contributed by atoms with Gasteiger partial charge >= 0.3 is 0 Å². The van der Waals surface area contributed by atoms with Crippen LogP contribution < -0.4 is 11.5 Å². The number of aliphatic hydroxyl groups is 2. The van der Waals surface area contributed by atoms with Crippen LogP contribution in [0.25, 0.3) is 0 Å². The van der Waals surface area contributed by atoms with Crippen LogP contribution in [-0.2, 0) is 0 Å². The second-order valence-corrected chi connectivity index (χ2v) is 5.17. The minimum atomic E-state index is -0.128. The number of hydrogen-bond donors (Lipinski definition) is 4. The van der Waals surface area contributed by atoms with Crippen molar-refractivity contribution in [3.63, 3.8) is 0 Å². The molecule has 0 rings (SSSR count). The Morgan fingerprint density at radius 2 is 1.31 bits per heavy atom. The standard InChI is InChI=1S/C7H18N2O2S2/c8-6(1-10)3-12-5-13-4-7(9)2-11/h6-7,10-11H,1-5,8-9H2. The summed E-state index contributed by atoms with van der Waals surface area (Å²) in [6.45, 7) is 0.0711. The molecule has 6 N–H and O–H groups in total. The van der Waals surface area contributed by atoms with Crippen LogP contribution >= 0.6 is 23.5 Å². The molecule has 0 amide bonds. The molecule has 2 unspecified atom stereocenters. The van der Waals surface area contributed by atoms with Gasteiger partial charge in [0, 0.05) is 28.7 Å². The maximum Gasteiger partial charge on any atom is 0.0590 e. The van der Waals surface area contributed by atoms with Crippen molar-refractivity contribution in [2.75, 3.05) is 29.8 Å². The molecule has 0 aliphatic rings. The molecule has 0 heterocycles. The van der Waals surface area contributed by atoms with Gasteiger partial charge in [-0.15, -0.1) is 23.5 Å². The van der Waals surface area contributed by atoms with Crippen LogP contribution in [0.5, 0.6) is 0 Å². The van der Waals surface area contributed by atoms with E-state index in [4.69, 9.17) is 21.7 Å². The summed E-state index contributed by atoms with van der Waals surface area (Å²) in [5.41, 5.74) is 11.0. The quantitative estimate of drug-likeness (QED) is 0.315. The van der Waals surface area contributed by atoms with Crippen LogP contribution in [-0.4, -0.2) is 52.1 Å². The third-order valence-electron chi connectivity index (χ3n) is 1.30. The lowest BCUT2D eigenvalue weighted by atomic mass is 10.4. The Kier molecular flexibility index (Phi) is 9.49. The van der Waals surface area contributed by atoms with Gasteiger partial charge < -0.3 is 21.7 Å². The van der Waals surface area contributed by atoms with Gasteiger partial charge in [0.05, 0.1) is 13.2 Å². The van der Waals surface area contributed by atoms with Crippen molar-refractivity contribution in [2.45, 2.75) is 12.1 Å². The largest absolute Gasteiger partial charge is 0.395 e. The summed E-state index contributed by atoms with van der Waals surface area (Å²) in [7, 11) is 0.